The maximum Gasteiger partial charge on any atom is 0.305 e. The highest BCUT2D eigenvalue weighted by Crippen LogP contribution is 2.21. The number of hydrogen-bond acceptors (Lipinski definition) is 3. The van der Waals surface area contributed by atoms with Crippen LogP contribution >= 0.6 is 0 Å². The molecule has 1 aromatic carbocycles. The van der Waals surface area contributed by atoms with E-state index >= 15 is 0 Å². The molecule has 2 N–H and O–H groups in total. The maximum absolute atomic E-state index is 12.4. The van der Waals surface area contributed by atoms with Crippen molar-refractivity contribution >= 4 is 22.8 Å². The van der Waals surface area contributed by atoms with Crippen molar-refractivity contribution < 1.29 is 14.7 Å². The minimum Gasteiger partial charge on any atom is -0.481 e. The standard InChI is InChI=1S/C16H18N2O3/c1-9-5-4-6-12-13(7-10(2)17-15(9)12)16(21)18-11(3)8-14(19)20/h4-7,11H,8H2,1-3H3,(H,18,21)(H,19,20). The van der Waals surface area contributed by atoms with Gasteiger partial charge in [-0.3, -0.25) is 14.6 Å². The van der Waals surface area contributed by atoms with Crippen LogP contribution in [0, 0.1) is 13.8 Å². The summed E-state index contributed by atoms with van der Waals surface area (Å²) in [6.45, 7) is 5.46. The van der Waals surface area contributed by atoms with Crippen molar-refractivity contribution in [1.29, 1.82) is 0 Å². The van der Waals surface area contributed by atoms with Gasteiger partial charge in [-0.05, 0) is 32.4 Å². The fourth-order valence-electron chi connectivity index (χ4n) is 2.32. The van der Waals surface area contributed by atoms with E-state index in [2.05, 4.69) is 10.3 Å². The molecule has 110 valence electrons. The van der Waals surface area contributed by atoms with Crippen molar-refractivity contribution in [2.24, 2.45) is 0 Å². The molecular formula is C16H18N2O3. The van der Waals surface area contributed by atoms with Gasteiger partial charge in [0.15, 0.2) is 0 Å². The third-order valence-corrected chi connectivity index (χ3v) is 3.27. The Bertz CT molecular complexity index is 710. The number of benzene rings is 1. The number of amides is 1. The Morgan fingerprint density at radius 2 is 2.05 bits per heavy atom. The lowest BCUT2D eigenvalue weighted by molar-refractivity contribution is -0.137. The number of aryl methyl sites for hydroxylation is 2. The molecule has 5 nitrogen and oxygen atoms in total. The second kappa shape index (κ2) is 5.91. The van der Waals surface area contributed by atoms with Crippen LogP contribution in [-0.4, -0.2) is 28.0 Å². The average molecular weight is 286 g/mol. The molecular weight excluding hydrogens is 268 g/mol. The minimum atomic E-state index is -0.936. The first-order valence-electron chi connectivity index (χ1n) is 6.78. The van der Waals surface area contributed by atoms with Crippen LogP contribution < -0.4 is 5.32 Å². The lowest BCUT2D eigenvalue weighted by Crippen LogP contribution is -2.34. The quantitative estimate of drug-likeness (QED) is 0.904. The first kappa shape index (κ1) is 15.0. The zero-order valence-electron chi connectivity index (χ0n) is 12.3. The number of rotatable bonds is 4. The fraction of sp³-hybridized carbons (Fsp3) is 0.312. The number of para-hydroxylation sites is 1. The van der Waals surface area contributed by atoms with Crippen LogP contribution in [0.4, 0.5) is 0 Å². The number of carbonyl (C=O) groups is 2. The SMILES string of the molecule is Cc1cc(C(=O)NC(C)CC(=O)O)c2cccc(C)c2n1. The van der Waals surface area contributed by atoms with Crippen LogP contribution in [0.2, 0.25) is 0 Å². The van der Waals surface area contributed by atoms with Gasteiger partial charge >= 0.3 is 5.97 Å². The number of aliphatic carboxylic acids is 1. The Labute approximate surface area is 123 Å². The molecule has 1 atom stereocenters. The van der Waals surface area contributed by atoms with Gasteiger partial charge in [0.2, 0.25) is 0 Å². The Morgan fingerprint density at radius 1 is 1.33 bits per heavy atom. The van der Waals surface area contributed by atoms with E-state index in [0.717, 1.165) is 22.2 Å². The highest BCUT2D eigenvalue weighted by Gasteiger charge is 2.16. The van der Waals surface area contributed by atoms with Gasteiger partial charge in [0.05, 0.1) is 17.5 Å². The summed E-state index contributed by atoms with van der Waals surface area (Å²) >= 11 is 0. The molecule has 0 aliphatic carbocycles. The molecule has 0 fully saturated rings. The van der Waals surface area contributed by atoms with E-state index in [1.807, 2.05) is 32.0 Å². The van der Waals surface area contributed by atoms with Crippen molar-refractivity contribution in [3.8, 4) is 0 Å². The first-order chi connectivity index (χ1) is 9.88. The summed E-state index contributed by atoms with van der Waals surface area (Å²) in [4.78, 5) is 27.5. The van der Waals surface area contributed by atoms with Gasteiger partial charge in [0.1, 0.15) is 0 Å². The van der Waals surface area contributed by atoms with Crippen molar-refractivity contribution in [2.45, 2.75) is 33.2 Å². The summed E-state index contributed by atoms with van der Waals surface area (Å²) in [5, 5.41) is 12.3. The van der Waals surface area contributed by atoms with Crippen LogP contribution in [0.1, 0.15) is 35.0 Å². The highest BCUT2D eigenvalue weighted by molar-refractivity contribution is 6.07. The monoisotopic (exact) mass is 286 g/mol. The van der Waals surface area contributed by atoms with Gasteiger partial charge < -0.3 is 10.4 Å². The molecule has 0 spiro atoms. The molecule has 1 unspecified atom stereocenters. The number of fused-ring (bicyclic) bond motifs is 1. The summed E-state index contributed by atoms with van der Waals surface area (Å²) in [5.41, 5.74) is 3.09. The molecule has 0 saturated heterocycles. The van der Waals surface area contributed by atoms with Gasteiger partial charge in [-0.1, -0.05) is 18.2 Å². The predicted octanol–water partition coefficient (Wildman–Crippen LogP) is 2.44. The molecule has 0 saturated carbocycles. The minimum absolute atomic E-state index is 0.104. The molecule has 0 aliphatic heterocycles. The van der Waals surface area contributed by atoms with Gasteiger partial charge in [-0.25, -0.2) is 0 Å². The normalized spacial score (nSPS) is 12.1. The molecule has 2 rings (SSSR count). The second-order valence-electron chi connectivity index (χ2n) is 5.25. The third-order valence-electron chi connectivity index (χ3n) is 3.27. The highest BCUT2D eigenvalue weighted by atomic mass is 16.4. The van der Waals surface area contributed by atoms with Crippen LogP contribution in [-0.2, 0) is 4.79 Å². The van der Waals surface area contributed by atoms with E-state index in [4.69, 9.17) is 5.11 Å². The molecule has 2 aromatic rings. The van der Waals surface area contributed by atoms with Gasteiger partial charge in [-0.15, -0.1) is 0 Å². The van der Waals surface area contributed by atoms with Crippen LogP contribution in [0.5, 0.6) is 0 Å². The number of carbonyl (C=O) groups excluding carboxylic acids is 1. The third kappa shape index (κ3) is 3.37. The number of hydrogen-bond donors (Lipinski definition) is 2. The molecule has 1 amide bonds. The van der Waals surface area contributed by atoms with Crippen molar-refractivity contribution in [3.63, 3.8) is 0 Å². The Morgan fingerprint density at radius 3 is 2.71 bits per heavy atom. The van der Waals surface area contributed by atoms with E-state index < -0.39 is 12.0 Å². The van der Waals surface area contributed by atoms with E-state index in [-0.39, 0.29) is 12.3 Å². The average Bonchev–Trinajstić information content (AvgIpc) is 2.37. The molecule has 21 heavy (non-hydrogen) atoms. The topological polar surface area (TPSA) is 79.3 Å². The number of carboxylic acids is 1. The molecule has 5 heteroatoms. The largest absolute Gasteiger partial charge is 0.481 e. The van der Waals surface area contributed by atoms with Crippen molar-refractivity contribution in [1.82, 2.24) is 10.3 Å². The predicted molar refractivity (Wildman–Crippen MR) is 80.4 cm³/mol. The number of aromatic nitrogens is 1. The van der Waals surface area contributed by atoms with Crippen LogP contribution in [0.15, 0.2) is 24.3 Å². The second-order valence-corrected chi connectivity index (χ2v) is 5.25. The lowest BCUT2D eigenvalue weighted by Gasteiger charge is -2.14. The smallest absolute Gasteiger partial charge is 0.305 e. The van der Waals surface area contributed by atoms with Crippen LogP contribution in [0.25, 0.3) is 10.9 Å². The number of nitrogens with one attached hydrogen (secondary N) is 1. The summed E-state index contributed by atoms with van der Waals surface area (Å²) in [5.74, 6) is -1.21. The Balaban J connectivity index is 2.39. The maximum atomic E-state index is 12.4. The number of pyridine rings is 1. The summed E-state index contributed by atoms with van der Waals surface area (Å²) in [6.07, 6.45) is -0.104. The van der Waals surface area contributed by atoms with Crippen molar-refractivity contribution in [3.05, 3.63) is 41.1 Å². The lowest BCUT2D eigenvalue weighted by atomic mass is 10.0. The molecule has 0 radical (unpaired) electrons. The van der Waals surface area contributed by atoms with Gasteiger partial charge in [-0.2, -0.15) is 0 Å². The summed E-state index contributed by atoms with van der Waals surface area (Å²) in [6, 6.07) is 6.98. The van der Waals surface area contributed by atoms with E-state index in [1.54, 1.807) is 13.0 Å². The van der Waals surface area contributed by atoms with E-state index in [1.165, 1.54) is 0 Å². The zero-order chi connectivity index (χ0) is 15.6. The molecule has 1 heterocycles. The summed E-state index contributed by atoms with van der Waals surface area (Å²) < 4.78 is 0. The number of carboxylic acid groups (broad SMARTS) is 1. The molecule has 1 aromatic heterocycles. The summed E-state index contributed by atoms with van der Waals surface area (Å²) in [7, 11) is 0. The number of nitrogens with zero attached hydrogens (tertiary/aromatic N) is 1. The Hall–Kier alpha value is -2.43. The Kier molecular flexibility index (Phi) is 4.21. The van der Waals surface area contributed by atoms with E-state index in [9.17, 15) is 9.59 Å². The van der Waals surface area contributed by atoms with Gasteiger partial charge in [0.25, 0.3) is 5.91 Å². The first-order valence-corrected chi connectivity index (χ1v) is 6.78. The van der Waals surface area contributed by atoms with Crippen LogP contribution in [0.3, 0.4) is 0 Å². The fourth-order valence-corrected chi connectivity index (χ4v) is 2.32. The van der Waals surface area contributed by atoms with E-state index in [0.29, 0.717) is 5.56 Å². The van der Waals surface area contributed by atoms with Gasteiger partial charge in [0, 0.05) is 17.1 Å². The van der Waals surface area contributed by atoms with Crippen molar-refractivity contribution in [2.75, 3.05) is 0 Å². The molecule has 0 aliphatic rings. The molecule has 0 bridgehead atoms. The zero-order valence-corrected chi connectivity index (χ0v) is 12.3.